The van der Waals surface area contributed by atoms with Gasteiger partial charge in [0.05, 0.1) is 6.61 Å². The van der Waals surface area contributed by atoms with Crippen LogP contribution < -0.4 is 15.4 Å². The molecule has 0 saturated heterocycles. The lowest BCUT2D eigenvalue weighted by atomic mass is 10.2. The summed E-state index contributed by atoms with van der Waals surface area (Å²) in [7, 11) is 1.59. The highest BCUT2D eigenvalue weighted by atomic mass is 35.5. The molecule has 1 saturated carbocycles. The number of nitrogens with one attached hydrogen (secondary N) is 2. The Balaban J connectivity index is 1.85. The molecule has 0 spiro atoms. The van der Waals surface area contributed by atoms with Crippen LogP contribution in [-0.4, -0.2) is 38.8 Å². The lowest BCUT2D eigenvalue weighted by molar-refractivity contribution is -0.123. The third-order valence-electron chi connectivity index (χ3n) is 3.21. The summed E-state index contributed by atoms with van der Waals surface area (Å²) >= 11 is 6.21. The Hall–Kier alpha value is -1.30. The van der Waals surface area contributed by atoms with Gasteiger partial charge in [-0.15, -0.1) is 0 Å². The smallest absolute Gasteiger partial charge is 0.258 e. The molecule has 1 aromatic carbocycles. The van der Waals surface area contributed by atoms with Crippen LogP contribution in [0.25, 0.3) is 0 Å². The van der Waals surface area contributed by atoms with Crippen molar-refractivity contribution in [3.8, 4) is 5.75 Å². The second kappa shape index (κ2) is 8.22. The van der Waals surface area contributed by atoms with Crippen LogP contribution in [0.4, 0.5) is 0 Å². The van der Waals surface area contributed by atoms with Gasteiger partial charge in [0.2, 0.25) is 0 Å². The molecule has 0 aliphatic heterocycles. The standard InChI is InChI=1S/C15H21ClN2O3/c1-20-8-7-17-15(19)10-21-14-4-2-3-13(16)12(14)9-18-11-5-6-11/h2-4,11,18H,5-10H2,1H3,(H,17,19). The molecule has 2 N–H and O–H groups in total. The van der Waals surface area contributed by atoms with Crippen molar-refractivity contribution in [3.63, 3.8) is 0 Å². The second-order valence-electron chi connectivity index (χ2n) is 5.00. The highest BCUT2D eigenvalue weighted by Crippen LogP contribution is 2.28. The number of carbonyl (C=O) groups excluding carboxylic acids is 1. The molecular formula is C15H21ClN2O3. The van der Waals surface area contributed by atoms with Crippen LogP contribution in [0.1, 0.15) is 18.4 Å². The van der Waals surface area contributed by atoms with Gasteiger partial charge in [0.1, 0.15) is 5.75 Å². The Labute approximate surface area is 130 Å². The lowest BCUT2D eigenvalue weighted by Crippen LogP contribution is -2.31. The fourth-order valence-corrected chi connectivity index (χ4v) is 2.10. The maximum absolute atomic E-state index is 11.6. The van der Waals surface area contributed by atoms with Gasteiger partial charge >= 0.3 is 0 Å². The van der Waals surface area contributed by atoms with Crippen LogP contribution in [0.5, 0.6) is 5.75 Å². The predicted molar refractivity (Wildman–Crippen MR) is 81.7 cm³/mol. The number of halogens is 1. The van der Waals surface area contributed by atoms with Crippen LogP contribution in [0.2, 0.25) is 5.02 Å². The Morgan fingerprint density at radius 1 is 1.43 bits per heavy atom. The van der Waals surface area contributed by atoms with E-state index in [1.165, 1.54) is 12.8 Å². The number of ether oxygens (including phenoxy) is 2. The second-order valence-corrected chi connectivity index (χ2v) is 5.41. The van der Waals surface area contributed by atoms with E-state index in [9.17, 15) is 4.79 Å². The molecule has 1 aliphatic carbocycles. The van der Waals surface area contributed by atoms with E-state index >= 15 is 0 Å². The highest BCUT2D eigenvalue weighted by Gasteiger charge is 2.21. The summed E-state index contributed by atoms with van der Waals surface area (Å²) < 4.78 is 10.5. The van der Waals surface area contributed by atoms with E-state index in [0.29, 0.717) is 36.5 Å². The van der Waals surface area contributed by atoms with Crippen molar-refractivity contribution in [2.75, 3.05) is 26.9 Å². The van der Waals surface area contributed by atoms with Crippen molar-refractivity contribution in [3.05, 3.63) is 28.8 Å². The molecular weight excluding hydrogens is 292 g/mol. The van der Waals surface area contributed by atoms with Crippen LogP contribution in [0, 0.1) is 0 Å². The average Bonchev–Trinajstić information content (AvgIpc) is 3.28. The summed E-state index contributed by atoms with van der Waals surface area (Å²) in [5.74, 6) is 0.477. The molecule has 0 bridgehead atoms. The van der Waals surface area contributed by atoms with E-state index in [1.807, 2.05) is 18.2 Å². The Bertz CT molecular complexity index is 478. The number of methoxy groups -OCH3 is 1. The van der Waals surface area contributed by atoms with Crippen LogP contribution in [-0.2, 0) is 16.1 Å². The van der Waals surface area contributed by atoms with Crippen LogP contribution in [0.3, 0.4) is 0 Å². The number of rotatable bonds is 9. The first-order chi connectivity index (χ1) is 10.2. The number of hydrogen-bond acceptors (Lipinski definition) is 4. The average molecular weight is 313 g/mol. The molecule has 0 atom stereocenters. The molecule has 1 amide bonds. The van der Waals surface area contributed by atoms with Gasteiger partial charge in [-0.1, -0.05) is 17.7 Å². The van der Waals surface area contributed by atoms with Gasteiger partial charge < -0.3 is 20.1 Å². The summed E-state index contributed by atoms with van der Waals surface area (Å²) in [6.07, 6.45) is 2.42. The largest absolute Gasteiger partial charge is 0.483 e. The Morgan fingerprint density at radius 2 is 2.24 bits per heavy atom. The van der Waals surface area contributed by atoms with Crippen LogP contribution >= 0.6 is 11.6 Å². The minimum absolute atomic E-state index is 0.0273. The van der Waals surface area contributed by atoms with Crippen molar-refractivity contribution in [1.29, 1.82) is 0 Å². The van der Waals surface area contributed by atoms with Gasteiger partial charge in [-0.05, 0) is 25.0 Å². The summed E-state index contributed by atoms with van der Waals surface area (Å²) in [6.45, 7) is 1.59. The van der Waals surface area contributed by atoms with E-state index in [-0.39, 0.29) is 12.5 Å². The number of amides is 1. The maximum atomic E-state index is 11.6. The molecule has 0 aromatic heterocycles. The van der Waals surface area contributed by atoms with E-state index in [2.05, 4.69) is 10.6 Å². The third kappa shape index (κ3) is 5.53. The first-order valence-corrected chi connectivity index (χ1v) is 7.47. The number of hydrogen-bond donors (Lipinski definition) is 2. The first kappa shape index (κ1) is 16.1. The summed E-state index contributed by atoms with van der Waals surface area (Å²) in [5.41, 5.74) is 0.899. The van der Waals surface area contributed by atoms with Crippen molar-refractivity contribution in [2.24, 2.45) is 0 Å². The molecule has 1 aliphatic rings. The highest BCUT2D eigenvalue weighted by molar-refractivity contribution is 6.31. The summed E-state index contributed by atoms with van der Waals surface area (Å²) in [4.78, 5) is 11.6. The lowest BCUT2D eigenvalue weighted by Gasteiger charge is -2.13. The van der Waals surface area contributed by atoms with Gasteiger partial charge in [0.15, 0.2) is 6.61 Å². The zero-order valence-corrected chi connectivity index (χ0v) is 12.9. The molecule has 1 aromatic rings. The summed E-state index contributed by atoms with van der Waals surface area (Å²) in [6, 6.07) is 6.07. The molecule has 2 rings (SSSR count). The minimum atomic E-state index is -0.173. The van der Waals surface area contributed by atoms with Crippen molar-refractivity contribution in [1.82, 2.24) is 10.6 Å². The molecule has 21 heavy (non-hydrogen) atoms. The molecule has 0 unspecified atom stereocenters. The van der Waals surface area contributed by atoms with Crippen molar-refractivity contribution in [2.45, 2.75) is 25.4 Å². The topological polar surface area (TPSA) is 59.6 Å². The zero-order chi connectivity index (χ0) is 15.1. The third-order valence-corrected chi connectivity index (χ3v) is 3.56. The van der Waals surface area contributed by atoms with E-state index in [4.69, 9.17) is 21.1 Å². The van der Waals surface area contributed by atoms with Gasteiger partial charge in [-0.2, -0.15) is 0 Å². The van der Waals surface area contributed by atoms with Gasteiger partial charge in [0, 0.05) is 36.8 Å². The van der Waals surface area contributed by atoms with Crippen molar-refractivity contribution < 1.29 is 14.3 Å². The molecule has 116 valence electrons. The zero-order valence-electron chi connectivity index (χ0n) is 12.2. The fraction of sp³-hybridized carbons (Fsp3) is 0.533. The minimum Gasteiger partial charge on any atom is -0.483 e. The molecule has 1 fully saturated rings. The Morgan fingerprint density at radius 3 is 2.95 bits per heavy atom. The predicted octanol–water partition coefficient (Wildman–Crippen LogP) is 1.73. The monoisotopic (exact) mass is 312 g/mol. The maximum Gasteiger partial charge on any atom is 0.258 e. The molecule has 5 nitrogen and oxygen atoms in total. The molecule has 0 radical (unpaired) electrons. The SMILES string of the molecule is COCCNC(=O)COc1cccc(Cl)c1CNC1CC1. The normalized spacial score (nSPS) is 14.0. The Kier molecular flexibility index (Phi) is 6.29. The molecule has 0 heterocycles. The number of carbonyl (C=O) groups is 1. The fourth-order valence-electron chi connectivity index (χ4n) is 1.87. The quantitative estimate of drug-likeness (QED) is 0.682. The van der Waals surface area contributed by atoms with Gasteiger partial charge in [-0.3, -0.25) is 4.79 Å². The van der Waals surface area contributed by atoms with E-state index in [1.54, 1.807) is 7.11 Å². The van der Waals surface area contributed by atoms with Crippen LogP contribution in [0.15, 0.2) is 18.2 Å². The van der Waals surface area contributed by atoms with Gasteiger partial charge in [-0.25, -0.2) is 0 Å². The van der Waals surface area contributed by atoms with Crippen molar-refractivity contribution >= 4 is 17.5 Å². The first-order valence-electron chi connectivity index (χ1n) is 7.10. The molecule has 6 heteroatoms. The van der Waals surface area contributed by atoms with E-state index < -0.39 is 0 Å². The number of benzene rings is 1. The van der Waals surface area contributed by atoms with E-state index in [0.717, 1.165) is 5.56 Å². The summed E-state index contributed by atoms with van der Waals surface area (Å²) in [5, 5.41) is 6.77. The van der Waals surface area contributed by atoms with Gasteiger partial charge in [0.25, 0.3) is 5.91 Å².